The number of carbonyl (C=O) groups is 1. The molecule has 0 aliphatic carbocycles. The second kappa shape index (κ2) is 7.98. The quantitative estimate of drug-likeness (QED) is 0.816. The smallest absolute Gasteiger partial charge is 0.270 e. The number of nitrogens with zero attached hydrogens (tertiary/aromatic N) is 2. The molecule has 2 aromatic rings. The van der Waals surface area contributed by atoms with Crippen molar-refractivity contribution >= 4 is 17.4 Å². The lowest BCUT2D eigenvalue weighted by atomic mass is 10.2. The molecule has 2 N–H and O–H groups in total. The highest BCUT2D eigenvalue weighted by Gasteiger charge is 2.10. The molecule has 122 valence electrons. The molecular formula is C16H20N4O3. The third-order valence-corrected chi connectivity index (χ3v) is 3.11. The number of aromatic nitrogens is 2. The van der Waals surface area contributed by atoms with Crippen LogP contribution >= 0.6 is 0 Å². The highest BCUT2D eigenvalue weighted by atomic mass is 16.5. The lowest BCUT2D eigenvalue weighted by Crippen LogP contribution is -2.25. The highest BCUT2D eigenvalue weighted by Crippen LogP contribution is 2.30. The number of ether oxygens (including phenoxy) is 2. The Morgan fingerprint density at radius 2 is 2.00 bits per heavy atom. The van der Waals surface area contributed by atoms with Crippen LogP contribution in [0.1, 0.15) is 23.8 Å². The molecule has 0 bridgehead atoms. The minimum atomic E-state index is -0.223. The number of hydrogen-bond acceptors (Lipinski definition) is 6. The average Bonchev–Trinajstić information content (AvgIpc) is 2.60. The van der Waals surface area contributed by atoms with E-state index in [9.17, 15) is 4.79 Å². The lowest BCUT2D eigenvalue weighted by Gasteiger charge is -2.12. The van der Waals surface area contributed by atoms with Crippen LogP contribution in [0.25, 0.3) is 0 Å². The zero-order valence-electron chi connectivity index (χ0n) is 13.4. The molecule has 2 rings (SSSR count). The van der Waals surface area contributed by atoms with E-state index < -0.39 is 0 Å². The van der Waals surface area contributed by atoms with Crippen LogP contribution in [0.15, 0.2) is 30.6 Å². The summed E-state index contributed by atoms with van der Waals surface area (Å²) < 4.78 is 10.5. The summed E-state index contributed by atoms with van der Waals surface area (Å²) in [6.07, 6.45) is 2.21. The Bertz CT molecular complexity index is 676. The van der Waals surface area contributed by atoms with Crippen molar-refractivity contribution in [1.82, 2.24) is 15.3 Å². The van der Waals surface area contributed by atoms with E-state index >= 15 is 0 Å². The summed E-state index contributed by atoms with van der Waals surface area (Å²) in [6.45, 7) is 2.60. The number of amides is 1. The Hall–Kier alpha value is -2.83. The first-order valence-corrected chi connectivity index (χ1v) is 7.27. The fourth-order valence-corrected chi connectivity index (χ4v) is 1.92. The van der Waals surface area contributed by atoms with Crippen molar-refractivity contribution in [2.24, 2.45) is 0 Å². The molecule has 7 heteroatoms. The van der Waals surface area contributed by atoms with Gasteiger partial charge in [-0.15, -0.1) is 0 Å². The first-order chi connectivity index (χ1) is 11.2. The molecule has 1 aromatic carbocycles. The molecule has 1 aromatic heterocycles. The van der Waals surface area contributed by atoms with Gasteiger partial charge in [-0.25, -0.2) is 9.97 Å². The van der Waals surface area contributed by atoms with Crippen molar-refractivity contribution < 1.29 is 14.3 Å². The second-order valence-electron chi connectivity index (χ2n) is 4.74. The maximum absolute atomic E-state index is 11.9. The van der Waals surface area contributed by atoms with Crippen molar-refractivity contribution in [3.63, 3.8) is 0 Å². The molecule has 0 spiro atoms. The van der Waals surface area contributed by atoms with Crippen LogP contribution in [0, 0.1) is 0 Å². The zero-order chi connectivity index (χ0) is 16.7. The predicted molar refractivity (Wildman–Crippen MR) is 87.5 cm³/mol. The monoisotopic (exact) mass is 316 g/mol. The Balaban J connectivity index is 2.19. The third-order valence-electron chi connectivity index (χ3n) is 3.11. The Kier molecular flexibility index (Phi) is 5.74. The number of nitrogens with one attached hydrogen (secondary N) is 2. The summed E-state index contributed by atoms with van der Waals surface area (Å²) >= 11 is 0. The largest absolute Gasteiger partial charge is 0.497 e. The van der Waals surface area contributed by atoms with Crippen molar-refractivity contribution in [2.75, 3.05) is 26.1 Å². The SMILES string of the molecule is CCCNC(=O)c1cc(Nc2ccc(OC)cc2OC)ncn1. The summed E-state index contributed by atoms with van der Waals surface area (Å²) in [5.74, 6) is 1.58. The fraction of sp³-hybridized carbons (Fsp3) is 0.312. The molecule has 0 unspecified atom stereocenters. The van der Waals surface area contributed by atoms with E-state index in [1.165, 1.54) is 6.33 Å². The number of benzene rings is 1. The van der Waals surface area contributed by atoms with E-state index in [-0.39, 0.29) is 5.91 Å². The standard InChI is InChI=1S/C16H20N4O3/c1-4-7-17-16(21)13-9-15(19-10-18-13)20-12-6-5-11(22-2)8-14(12)23-3/h5-6,8-10H,4,7H2,1-3H3,(H,17,21)(H,18,19,20). The molecule has 0 radical (unpaired) electrons. The minimum absolute atomic E-state index is 0.223. The zero-order valence-corrected chi connectivity index (χ0v) is 13.4. The number of hydrogen-bond donors (Lipinski definition) is 2. The van der Waals surface area contributed by atoms with Crippen molar-refractivity contribution in [1.29, 1.82) is 0 Å². The Morgan fingerprint density at radius 1 is 1.17 bits per heavy atom. The Morgan fingerprint density at radius 3 is 2.70 bits per heavy atom. The average molecular weight is 316 g/mol. The van der Waals surface area contributed by atoms with Gasteiger partial charge in [0.15, 0.2) is 0 Å². The van der Waals surface area contributed by atoms with Gasteiger partial charge in [-0.2, -0.15) is 0 Å². The molecule has 0 aliphatic rings. The van der Waals surface area contributed by atoms with Gasteiger partial charge in [0.2, 0.25) is 0 Å². The van der Waals surface area contributed by atoms with Crippen LogP contribution in [-0.2, 0) is 0 Å². The molecule has 0 atom stereocenters. The van der Waals surface area contributed by atoms with Gasteiger partial charge >= 0.3 is 0 Å². The normalized spacial score (nSPS) is 10.0. The van der Waals surface area contributed by atoms with Crippen LogP contribution in [0.4, 0.5) is 11.5 Å². The second-order valence-corrected chi connectivity index (χ2v) is 4.74. The molecule has 0 saturated carbocycles. The summed E-state index contributed by atoms with van der Waals surface area (Å²) in [6, 6.07) is 6.98. The van der Waals surface area contributed by atoms with Gasteiger partial charge in [-0.05, 0) is 18.6 Å². The number of anilines is 2. The molecule has 23 heavy (non-hydrogen) atoms. The predicted octanol–water partition coefficient (Wildman–Crippen LogP) is 2.38. The van der Waals surface area contributed by atoms with E-state index in [0.29, 0.717) is 35.2 Å². The minimum Gasteiger partial charge on any atom is -0.497 e. The fourth-order valence-electron chi connectivity index (χ4n) is 1.92. The lowest BCUT2D eigenvalue weighted by molar-refractivity contribution is 0.0948. The van der Waals surface area contributed by atoms with Gasteiger partial charge in [0.1, 0.15) is 29.3 Å². The molecule has 0 aliphatic heterocycles. The van der Waals surface area contributed by atoms with E-state index in [0.717, 1.165) is 6.42 Å². The number of carbonyl (C=O) groups excluding carboxylic acids is 1. The summed E-state index contributed by atoms with van der Waals surface area (Å²) in [5, 5.41) is 5.89. The van der Waals surface area contributed by atoms with Crippen LogP contribution in [0.2, 0.25) is 0 Å². The van der Waals surface area contributed by atoms with Crippen molar-refractivity contribution in [3.8, 4) is 11.5 Å². The van der Waals surface area contributed by atoms with E-state index in [2.05, 4.69) is 20.6 Å². The molecule has 1 heterocycles. The van der Waals surface area contributed by atoms with Crippen molar-refractivity contribution in [3.05, 3.63) is 36.3 Å². The van der Waals surface area contributed by atoms with Crippen LogP contribution in [-0.4, -0.2) is 36.6 Å². The van der Waals surface area contributed by atoms with Crippen LogP contribution < -0.4 is 20.1 Å². The van der Waals surface area contributed by atoms with Gasteiger partial charge in [-0.3, -0.25) is 4.79 Å². The summed E-state index contributed by atoms with van der Waals surface area (Å²) in [4.78, 5) is 20.1. The maximum Gasteiger partial charge on any atom is 0.270 e. The van der Waals surface area contributed by atoms with E-state index in [4.69, 9.17) is 9.47 Å². The van der Waals surface area contributed by atoms with E-state index in [1.807, 2.05) is 13.0 Å². The molecule has 1 amide bonds. The first-order valence-electron chi connectivity index (χ1n) is 7.27. The Labute approximate surface area is 135 Å². The molecular weight excluding hydrogens is 296 g/mol. The summed E-state index contributed by atoms with van der Waals surface area (Å²) in [5.41, 5.74) is 1.02. The highest BCUT2D eigenvalue weighted by molar-refractivity contribution is 5.93. The van der Waals surface area contributed by atoms with Crippen LogP contribution in [0.5, 0.6) is 11.5 Å². The topological polar surface area (TPSA) is 85.4 Å². The third kappa shape index (κ3) is 4.32. The van der Waals surface area contributed by atoms with Crippen molar-refractivity contribution in [2.45, 2.75) is 13.3 Å². The maximum atomic E-state index is 11.9. The number of rotatable bonds is 7. The molecule has 7 nitrogen and oxygen atoms in total. The summed E-state index contributed by atoms with van der Waals surface area (Å²) in [7, 11) is 3.16. The van der Waals surface area contributed by atoms with Gasteiger partial charge in [0, 0.05) is 18.7 Å². The van der Waals surface area contributed by atoms with Gasteiger partial charge in [0.25, 0.3) is 5.91 Å². The van der Waals surface area contributed by atoms with Crippen LogP contribution in [0.3, 0.4) is 0 Å². The molecule has 0 saturated heterocycles. The number of methoxy groups -OCH3 is 2. The van der Waals surface area contributed by atoms with E-state index in [1.54, 1.807) is 32.4 Å². The molecule has 0 fully saturated rings. The van der Waals surface area contributed by atoms with Gasteiger partial charge < -0.3 is 20.1 Å². The van der Waals surface area contributed by atoms with Gasteiger partial charge in [0.05, 0.1) is 19.9 Å². The first kappa shape index (κ1) is 16.5. The van der Waals surface area contributed by atoms with Gasteiger partial charge in [-0.1, -0.05) is 6.92 Å².